The lowest BCUT2D eigenvalue weighted by Crippen LogP contribution is -2.35. The highest BCUT2D eigenvalue weighted by atomic mass is 14.7. The fourth-order valence-corrected chi connectivity index (χ4v) is 3.88. The Morgan fingerprint density at radius 2 is 1.89 bits per heavy atom. The first kappa shape index (κ1) is 16.0. The second-order valence-electron chi connectivity index (χ2n) is 7.97. The van der Waals surface area contributed by atoms with Crippen molar-refractivity contribution in [3.63, 3.8) is 0 Å². The van der Waals surface area contributed by atoms with Gasteiger partial charge in [0.25, 0.3) is 0 Å². The van der Waals surface area contributed by atoms with E-state index in [2.05, 4.69) is 34.6 Å². The van der Waals surface area contributed by atoms with Gasteiger partial charge >= 0.3 is 0 Å². The summed E-state index contributed by atoms with van der Waals surface area (Å²) in [6, 6.07) is 0.441. The van der Waals surface area contributed by atoms with E-state index in [0.29, 0.717) is 11.5 Å². The maximum absolute atomic E-state index is 6.49. The van der Waals surface area contributed by atoms with E-state index >= 15 is 0 Å². The number of hydrogen-bond donors (Lipinski definition) is 1. The van der Waals surface area contributed by atoms with Crippen molar-refractivity contribution in [2.75, 3.05) is 0 Å². The summed E-state index contributed by atoms with van der Waals surface area (Å²) in [6.07, 6.45) is 9.48. The predicted molar refractivity (Wildman–Crippen MR) is 81.6 cm³/mol. The SMILES string of the molecule is CCC1CCCC(C(N)CC(C)CC(C)(C)C)C1. The molecule has 1 nitrogen and oxygen atoms in total. The van der Waals surface area contributed by atoms with E-state index in [9.17, 15) is 0 Å². The minimum Gasteiger partial charge on any atom is -0.327 e. The molecule has 0 radical (unpaired) electrons. The summed E-state index contributed by atoms with van der Waals surface area (Å²) in [6.45, 7) is 11.7. The second-order valence-corrected chi connectivity index (χ2v) is 7.97. The van der Waals surface area contributed by atoms with E-state index in [4.69, 9.17) is 5.73 Å². The maximum Gasteiger partial charge on any atom is 0.00698 e. The van der Waals surface area contributed by atoms with Gasteiger partial charge in [-0.05, 0) is 48.9 Å². The third kappa shape index (κ3) is 5.73. The van der Waals surface area contributed by atoms with E-state index in [1.165, 1.54) is 44.9 Å². The molecular formula is C17H35N. The fraction of sp³-hybridized carbons (Fsp3) is 1.00. The molecule has 4 atom stereocenters. The summed E-state index contributed by atoms with van der Waals surface area (Å²) >= 11 is 0. The van der Waals surface area contributed by atoms with Crippen LogP contribution in [-0.2, 0) is 0 Å². The zero-order valence-electron chi connectivity index (χ0n) is 13.3. The van der Waals surface area contributed by atoms with Crippen molar-refractivity contribution in [2.45, 2.75) is 85.6 Å². The molecular weight excluding hydrogens is 218 g/mol. The van der Waals surface area contributed by atoms with Crippen molar-refractivity contribution in [3.8, 4) is 0 Å². The Kier molecular flexibility index (Phi) is 6.17. The molecule has 0 aliphatic heterocycles. The van der Waals surface area contributed by atoms with Gasteiger partial charge in [0.1, 0.15) is 0 Å². The molecule has 0 aromatic rings. The molecule has 1 rings (SSSR count). The average Bonchev–Trinajstić information content (AvgIpc) is 2.26. The molecule has 1 saturated carbocycles. The van der Waals surface area contributed by atoms with Gasteiger partial charge in [0.2, 0.25) is 0 Å². The summed E-state index contributed by atoms with van der Waals surface area (Å²) < 4.78 is 0. The van der Waals surface area contributed by atoms with E-state index in [-0.39, 0.29) is 0 Å². The van der Waals surface area contributed by atoms with E-state index in [0.717, 1.165) is 17.8 Å². The lowest BCUT2D eigenvalue weighted by atomic mass is 9.74. The molecule has 2 N–H and O–H groups in total. The number of hydrogen-bond acceptors (Lipinski definition) is 1. The van der Waals surface area contributed by atoms with Crippen LogP contribution in [0.4, 0.5) is 0 Å². The summed E-state index contributed by atoms with van der Waals surface area (Å²) in [7, 11) is 0. The molecule has 0 bridgehead atoms. The molecule has 1 fully saturated rings. The van der Waals surface area contributed by atoms with Crippen LogP contribution >= 0.6 is 0 Å². The second kappa shape index (κ2) is 6.93. The molecule has 1 aliphatic rings. The van der Waals surface area contributed by atoms with Crippen molar-refractivity contribution in [1.29, 1.82) is 0 Å². The zero-order chi connectivity index (χ0) is 13.8. The summed E-state index contributed by atoms with van der Waals surface area (Å²) in [5, 5.41) is 0. The van der Waals surface area contributed by atoms with Crippen molar-refractivity contribution in [1.82, 2.24) is 0 Å². The monoisotopic (exact) mass is 253 g/mol. The van der Waals surface area contributed by atoms with Crippen LogP contribution in [0.5, 0.6) is 0 Å². The molecule has 1 aliphatic carbocycles. The van der Waals surface area contributed by atoms with Crippen LogP contribution in [0.15, 0.2) is 0 Å². The van der Waals surface area contributed by atoms with Crippen LogP contribution in [-0.4, -0.2) is 6.04 Å². The van der Waals surface area contributed by atoms with Crippen molar-refractivity contribution in [3.05, 3.63) is 0 Å². The average molecular weight is 253 g/mol. The Hall–Kier alpha value is -0.0400. The first-order valence-electron chi connectivity index (χ1n) is 8.07. The third-order valence-electron chi connectivity index (χ3n) is 4.64. The minimum atomic E-state index is 0.441. The van der Waals surface area contributed by atoms with Gasteiger partial charge in [0.05, 0.1) is 0 Å². The van der Waals surface area contributed by atoms with Crippen LogP contribution in [0.3, 0.4) is 0 Å². The Morgan fingerprint density at radius 3 is 2.44 bits per heavy atom. The van der Waals surface area contributed by atoms with Crippen LogP contribution in [0, 0.1) is 23.2 Å². The smallest absolute Gasteiger partial charge is 0.00698 e. The van der Waals surface area contributed by atoms with Crippen LogP contribution in [0.25, 0.3) is 0 Å². The molecule has 1 heteroatoms. The van der Waals surface area contributed by atoms with E-state index < -0.39 is 0 Å². The highest BCUT2D eigenvalue weighted by Gasteiger charge is 2.27. The van der Waals surface area contributed by atoms with E-state index in [1.807, 2.05) is 0 Å². The third-order valence-corrected chi connectivity index (χ3v) is 4.64. The van der Waals surface area contributed by atoms with Gasteiger partial charge in [-0.1, -0.05) is 53.9 Å². The zero-order valence-corrected chi connectivity index (χ0v) is 13.3. The number of nitrogens with two attached hydrogens (primary N) is 1. The van der Waals surface area contributed by atoms with Gasteiger partial charge in [0, 0.05) is 6.04 Å². The lowest BCUT2D eigenvalue weighted by molar-refractivity contribution is 0.199. The van der Waals surface area contributed by atoms with Gasteiger partial charge in [-0.25, -0.2) is 0 Å². The Bertz CT molecular complexity index is 228. The van der Waals surface area contributed by atoms with Gasteiger partial charge in [0.15, 0.2) is 0 Å². The lowest BCUT2D eigenvalue weighted by Gasteiger charge is -2.34. The Morgan fingerprint density at radius 1 is 1.22 bits per heavy atom. The maximum atomic E-state index is 6.49. The summed E-state index contributed by atoms with van der Waals surface area (Å²) in [5.74, 6) is 2.51. The topological polar surface area (TPSA) is 26.0 Å². The van der Waals surface area contributed by atoms with Gasteiger partial charge < -0.3 is 5.73 Å². The molecule has 0 spiro atoms. The quantitative estimate of drug-likeness (QED) is 0.733. The molecule has 0 aromatic carbocycles. The molecule has 0 heterocycles. The normalized spacial score (nSPS) is 29.0. The fourth-order valence-electron chi connectivity index (χ4n) is 3.88. The first-order chi connectivity index (χ1) is 8.31. The molecule has 0 saturated heterocycles. The highest BCUT2D eigenvalue weighted by molar-refractivity contribution is 4.82. The van der Waals surface area contributed by atoms with Gasteiger partial charge in [-0.3, -0.25) is 0 Å². The first-order valence-corrected chi connectivity index (χ1v) is 8.07. The van der Waals surface area contributed by atoms with Crippen molar-refractivity contribution < 1.29 is 0 Å². The molecule has 0 amide bonds. The van der Waals surface area contributed by atoms with Gasteiger partial charge in [-0.2, -0.15) is 0 Å². The van der Waals surface area contributed by atoms with Crippen LogP contribution < -0.4 is 5.73 Å². The van der Waals surface area contributed by atoms with Crippen molar-refractivity contribution in [2.24, 2.45) is 28.9 Å². The Balaban J connectivity index is 2.37. The molecule has 18 heavy (non-hydrogen) atoms. The largest absolute Gasteiger partial charge is 0.327 e. The molecule has 0 aromatic heterocycles. The van der Waals surface area contributed by atoms with E-state index in [1.54, 1.807) is 0 Å². The van der Waals surface area contributed by atoms with Crippen LogP contribution in [0.2, 0.25) is 0 Å². The van der Waals surface area contributed by atoms with Gasteiger partial charge in [-0.15, -0.1) is 0 Å². The molecule has 108 valence electrons. The summed E-state index contributed by atoms with van der Waals surface area (Å²) in [5.41, 5.74) is 6.93. The predicted octanol–water partition coefficient (Wildman–Crippen LogP) is 4.99. The van der Waals surface area contributed by atoms with Crippen molar-refractivity contribution >= 4 is 0 Å². The minimum absolute atomic E-state index is 0.441. The van der Waals surface area contributed by atoms with Crippen LogP contribution in [0.1, 0.15) is 79.6 Å². The molecule has 4 unspecified atom stereocenters. The highest BCUT2D eigenvalue weighted by Crippen LogP contribution is 2.35. The Labute approximate surface area is 115 Å². The standard InChI is InChI=1S/C17H35N/c1-6-14-8-7-9-15(11-14)16(18)10-13(2)12-17(3,4)5/h13-16H,6-12,18H2,1-5H3. The summed E-state index contributed by atoms with van der Waals surface area (Å²) in [4.78, 5) is 0. The number of rotatable bonds is 5.